The van der Waals surface area contributed by atoms with Crippen LogP contribution in [0.25, 0.3) is 22.7 Å². The lowest BCUT2D eigenvalue weighted by atomic mass is 9.93. The third-order valence-electron chi connectivity index (χ3n) is 3.82. The molecule has 0 fully saturated rings. The van der Waals surface area contributed by atoms with E-state index in [1.54, 1.807) is 24.5 Å². The van der Waals surface area contributed by atoms with Crippen LogP contribution >= 0.6 is 11.6 Å². The fraction of sp³-hybridized carbons (Fsp3) is 0.375. The van der Waals surface area contributed by atoms with Crippen molar-refractivity contribution in [3.05, 3.63) is 23.0 Å². The van der Waals surface area contributed by atoms with Crippen molar-refractivity contribution in [3.8, 4) is 11.6 Å². The fourth-order valence-corrected chi connectivity index (χ4v) is 2.83. The van der Waals surface area contributed by atoms with Crippen LogP contribution in [0.5, 0.6) is 0 Å². The number of fused-ring (bicyclic) bond motifs is 1. The number of nitrogens with two attached hydrogens (primary N) is 1. The largest absolute Gasteiger partial charge is 0.469 e. The normalized spacial score (nSPS) is 11.9. The van der Waals surface area contributed by atoms with E-state index in [1.165, 1.54) is 7.11 Å². The molecule has 9 heteroatoms. The SMILES string of the molecule is COC(=O)C(C)(C)Cn1c(-c2ccc(C)o2)nc2c(Cl)nc(N)nc21. The Morgan fingerprint density at radius 3 is 2.68 bits per heavy atom. The lowest BCUT2D eigenvalue weighted by Gasteiger charge is -2.23. The highest BCUT2D eigenvalue weighted by Crippen LogP contribution is 2.32. The molecular formula is C16H18ClN5O3. The molecule has 3 rings (SSSR count). The zero-order valence-electron chi connectivity index (χ0n) is 14.3. The van der Waals surface area contributed by atoms with Gasteiger partial charge < -0.3 is 19.5 Å². The van der Waals surface area contributed by atoms with Gasteiger partial charge in [-0.15, -0.1) is 0 Å². The van der Waals surface area contributed by atoms with Gasteiger partial charge >= 0.3 is 5.97 Å². The van der Waals surface area contributed by atoms with Gasteiger partial charge in [-0.3, -0.25) is 4.79 Å². The molecule has 3 heterocycles. The van der Waals surface area contributed by atoms with Crippen molar-refractivity contribution in [1.82, 2.24) is 19.5 Å². The maximum atomic E-state index is 12.1. The predicted molar refractivity (Wildman–Crippen MR) is 93.0 cm³/mol. The minimum atomic E-state index is -0.828. The lowest BCUT2D eigenvalue weighted by molar-refractivity contribution is -0.151. The van der Waals surface area contributed by atoms with Crippen LogP contribution in [-0.2, 0) is 16.1 Å². The molecule has 132 valence electrons. The lowest BCUT2D eigenvalue weighted by Crippen LogP contribution is -2.31. The molecule has 0 aliphatic rings. The van der Waals surface area contributed by atoms with Gasteiger partial charge in [0.15, 0.2) is 22.4 Å². The van der Waals surface area contributed by atoms with E-state index in [-0.39, 0.29) is 23.6 Å². The molecule has 0 aliphatic carbocycles. The number of rotatable bonds is 4. The molecule has 0 saturated carbocycles. The Kier molecular flexibility index (Phi) is 4.16. The Hall–Kier alpha value is -2.61. The number of carbonyl (C=O) groups is 1. The number of methoxy groups -OCH3 is 1. The van der Waals surface area contributed by atoms with E-state index in [1.807, 2.05) is 13.0 Å². The van der Waals surface area contributed by atoms with Crippen molar-refractivity contribution >= 4 is 34.7 Å². The van der Waals surface area contributed by atoms with E-state index in [2.05, 4.69) is 15.0 Å². The van der Waals surface area contributed by atoms with E-state index in [0.29, 0.717) is 22.7 Å². The number of nitrogen functional groups attached to an aromatic ring is 1. The second kappa shape index (κ2) is 6.03. The molecule has 3 aromatic rings. The van der Waals surface area contributed by atoms with Crippen molar-refractivity contribution in [3.63, 3.8) is 0 Å². The maximum absolute atomic E-state index is 12.1. The smallest absolute Gasteiger partial charge is 0.313 e. The van der Waals surface area contributed by atoms with Crippen LogP contribution in [0, 0.1) is 12.3 Å². The third kappa shape index (κ3) is 3.05. The van der Waals surface area contributed by atoms with Crippen molar-refractivity contribution < 1.29 is 13.9 Å². The number of hydrogen-bond donors (Lipinski definition) is 1. The van der Waals surface area contributed by atoms with Crippen LogP contribution in [0.4, 0.5) is 5.95 Å². The molecule has 8 nitrogen and oxygen atoms in total. The summed E-state index contributed by atoms with van der Waals surface area (Å²) in [7, 11) is 1.35. The first-order valence-corrected chi connectivity index (χ1v) is 7.95. The highest BCUT2D eigenvalue weighted by Gasteiger charge is 2.32. The zero-order chi connectivity index (χ0) is 18.4. The molecule has 0 atom stereocenters. The minimum Gasteiger partial charge on any atom is -0.469 e. The van der Waals surface area contributed by atoms with Crippen molar-refractivity contribution in [2.45, 2.75) is 27.3 Å². The topological polar surface area (TPSA) is 109 Å². The molecule has 0 radical (unpaired) electrons. The number of hydrogen-bond acceptors (Lipinski definition) is 7. The number of imidazole rings is 1. The van der Waals surface area contributed by atoms with Gasteiger partial charge in [0.2, 0.25) is 5.95 Å². The van der Waals surface area contributed by atoms with E-state index < -0.39 is 5.41 Å². The number of aromatic nitrogens is 4. The number of ether oxygens (including phenoxy) is 1. The molecule has 0 spiro atoms. The Bertz CT molecular complexity index is 960. The third-order valence-corrected chi connectivity index (χ3v) is 4.09. The highest BCUT2D eigenvalue weighted by atomic mass is 35.5. The summed E-state index contributed by atoms with van der Waals surface area (Å²) < 4.78 is 12.3. The number of nitrogens with zero attached hydrogens (tertiary/aromatic N) is 4. The Morgan fingerprint density at radius 2 is 2.08 bits per heavy atom. The summed E-state index contributed by atoms with van der Waals surface area (Å²) in [5.74, 6) is 1.42. The molecule has 25 heavy (non-hydrogen) atoms. The second-order valence-corrected chi connectivity index (χ2v) is 6.71. The summed E-state index contributed by atoms with van der Waals surface area (Å²) in [4.78, 5) is 24.8. The van der Waals surface area contributed by atoms with Crippen LogP contribution in [0.3, 0.4) is 0 Å². The fourth-order valence-electron chi connectivity index (χ4n) is 2.61. The van der Waals surface area contributed by atoms with Crippen molar-refractivity contribution in [2.24, 2.45) is 5.41 Å². The zero-order valence-corrected chi connectivity index (χ0v) is 15.1. The van der Waals surface area contributed by atoms with Crippen LogP contribution in [-0.4, -0.2) is 32.6 Å². The molecule has 2 N–H and O–H groups in total. The van der Waals surface area contributed by atoms with Crippen LogP contribution < -0.4 is 5.73 Å². The molecule has 0 aliphatic heterocycles. The summed E-state index contributed by atoms with van der Waals surface area (Å²) in [6.45, 7) is 5.62. The number of aryl methyl sites for hydroxylation is 1. The summed E-state index contributed by atoms with van der Waals surface area (Å²) in [5, 5.41) is 0.140. The van der Waals surface area contributed by atoms with Gasteiger partial charge in [-0.25, -0.2) is 4.98 Å². The van der Waals surface area contributed by atoms with Gasteiger partial charge in [-0.2, -0.15) is 9.97 Å². The minimum absolute atomic E-state index is 0.0247. The first-order valence-electron chi connectivity index (χ1n) is 7.57. The number of esters is 1. The number of carbonyl (C=O) groups excluding carboxylic acids is 1. The number of halogens is 1. The van der Waals surface area contributed by atoms with E-state index in [0.717, 1.165) is 5.76 Å². The van der Waals surface area contributed by atoms with Crippen LogP contribution in [0.1, 0.15) is 19.6 Å². The standard InChI is InChI=1S/C16H18ClN5O3/c1-8-5-6-9(25-8)12-19-10-11(17)20-15(18)21-13(10)22(12)7-16(2,3)14(23)24-4/h5-6H,7H2,1-4H3,(H2,18,20,21). The summed E-state index contributed by atoms with van der Waals surface area (Å²) in [6.07, 6.45) is 0. The Morgan fingerprint density at radius 1 is 1.36 bits per heavy atom. The first kappa shape index (κ1) is 17.2. The van der Waals surface area contributed by atoms with Gasteiger partial charge in [0.05, 0.1) is 12.5 Å². The van der Waals surface area contributed by atoms with E-state index in [4.69, 9.17) is 26.5 Å². The van der Waals surface area contributed by atoms with E-state index in [9.17, 15) is 4.79 Å². The summed E-state index contributed by atoms with van der Waals surface area (Å²) in [5.41, 5.74) is 5.72. The predicted octanol–water partition coefficient (Wildman–Crippen LogP) is 2.83. The average molecular weight is 364 g/mol. The molecule has 0 saturated heterocycles. The maximum Gasteiger partial charge on any atom is 0.313 e. The quantitative estimate of drug-likeness (QED) is 0.560. The van der Waals surface area contributed by atoms with Gasteiger partial charge in [0.25, 0.3) is 0 Å². The molecule has 0 bridgehead atoms. The number of anilines is 1. The Balaban J connectivity index is 2.24. The second-order valence-electron chi connectivity index (χ2n) is 6.35. The Labute approximate surface area is 149 Å². The van der Waals surface area contributed by atoms with Gasteiger partial charge in [-0.05, 0) is 32.9 Å². The monoisotopic (exact) mass is 363 g/mol. The van der Waals surface area contributed by atoms with Gasteiger partial charge in [0.1, 0.15) is 11.3 Å². The molecule has 0 unspecified atom stereocenters. The van der Waals surface area contributed by atoms with Crippen LogP contribution in [0.2, 0.25) is 5.15 Å². The average Bonchev–Trinajstić information content (AvgIpc) is 3.11. The van der Waals surface area contributed by atoms with Gasteiger partial charge in [-0.1, -0.05) is 11.6 Å². The molecule has 3 aromatic heterocycles. The highest BCUT2D eigenvalue weighted by molar-refractivity contribution is 6.33. The summed E-state index contributed by atoms with van der Waals surface area (Å²) in [6, 6.07) is 3.62. The first-order chi connectivity index (χ1) is 11.7. The molecule has 0 amide bonds. The van der Waals surface area contributed by atoms with Crippen molar-refractivity contribution in [1.29, 1.82) is 0 Å². The summed E-state index contributed by atoms with van der Waals surface area (Å²) >= 11 is 6.17. The van der Waals surface area contributed by atoms with Crippen molar-refractivity contribution in [2.75, 3.05) is 12.8 Å². The molecule has 0 aromatic carbocycles. The number of furan rings is 1. The van der Waals surface area contributed by atoms with Gasteiger partial charge in [0, 0.05) is 6.54 Å². The van der Waals surface area contributed by atoms with Crippen LogP contribution in [0.15, 0.2) is 16.5 Å². The molecular weight excluding hydrogens is 346 g/mol. The van der Waals surface area contributed by atoms with E-state index >= 15 is 0 Å².